The lowest BCUT2D eigenvalue weighted by atomic mass is 10.0. The van der Waals surface area contributed by atoms with E-state index in [1.807, 2.05) is 0 Å². The van der Waals surface area contributed by atoms with E-state index in [9.17, 15) is 0 Å². The molecule has 0 aliphatic carbocycles. The first kappa shape index (κ1) is 13.0. The molecule has 1 unspecified atom stereocenters. The van der Waals surface area contributed by atoms with Crippen LogP contribution < -0.4 is 0 Å². The molecule has 0 rings (SSSR count). The van der Waals surface area contributed by atoms with Crippen LogP contribution in [0.15, 0.2) is 0 Å². The molecule has 1 nitrogen and oxygen atoms in total. The quantitative estimate of drug-likeness (QED) is 0.523. The normalized spacial score (nSPS) is 13.6. The zero-order valence-electron chi connectivity index (χ0n) is 9.97. The molecule has 0 spiro atoms. The molecule has 0 heterocycles. The lowest BCUT2D eigenvalue weighted by Gasteiger charge is -2.20. The first-order valence-electron chi connectivity index (χ1n) is 5.89. The van der Waals surface area contributed by atoms with Crippen LogP contribution in [0.5, 0.6) is 0 Å². The van der Waals surface area contributed by atoms with Crippen molar-refractivity contribution in [2.75, 3.05) is 20.1 Å². The van der Waals surface area contributed by atoms with E-state index in [4.69, 9.17) is 0 Å². The highest BCUT2D eigenvalue weighted by Gasteiger charge is 2.04. The van der Waals surface area contributed by atoms with Gasteiger partial charge in [-0.2, -0.15) is 0 Å². The maximum absolute atomic E-state index is 2.45. The van der Waals surface area contributed by atoms with Crippen LogP contribution in [-0.4, -0.2) is 25.0 Å². The van der Waals surface area contributed by atoms with Gasteiger partial charge in [-0.15, -0.1) is 0 Å². The number of unbranched alkanes of at least 4 members (excludes halogenated alkanes) is 2. The number of rotatable bonds is 8. The summed E-state index contributed by atoms with van der Waals surface area (Å²) in [6.45, 7) is 9.42. The van der Waals surface area contributed by atoms with Crippen LogP contribution in [0, 0.1) is 5.92 Å². The van der Waals surface area contributed by atoms with E-state index < -0.39 is 0 Å². The molecule has 0 N–H and O–H groups in total. The molecule has 0 aromatic rings. The van der Waals surface area contributed by atoms with E-state index in [1.54, 1.807) is 0 Å². The first-order chi connectivity index (χ1) is 6.20. The van der Waals surface area contributed by atoms with Crippen molar-refractivity contribution in [3.63, 3.8) is 0 Å². The van der Waals surface area contributed by atoms with Gasteiger partial charge >= 0.3 is 0 Å². The van der Waals surface area contributed by atoms with Gasteiger partial charge in [-0.3, -0.25) is 0 Å². The fourth-order valence-electron chi connectivity index (χ4n) is 1.84. The van der Waals surface area contributed by atoms with Gasteiger partial charge in [0.1, 0.15) is 0 Å². The summed E-state index contributed by atoms with van der Waals surface area (Å²) in [6, 6.07) is 0. The fraction of sp³-hybridized carbons (Fsp3) is 1.00. The van der Waals surface area contributed by atoms with Gasteiger partial charge in [0.05, 0.1) is 0 Å². The second-order valence-corrected chi connectivity index (χ2v) is 4.36. The highest BCUT2D eigenvalue weighted by Crippen LogP contribution is 2.10. The molecule has 0 saturated carbocycles. The summed E-state index contributed by atoms with van der Waals surface area (Å²) >= 11 is 0. The molecule has 0 radical (unpaired) electrons. The number of nitrogens with zero attached hydrogens (tertiary/aromatic N) is 1. The molecule has 0 saturated heterocycles. The second kappa shape index (κ2) is 8.55. The van der Waals surface area contributed by atoms with Gasteiger partial charge in [0.25, 0.3) is 0 Å². The lowest BCUT2D eigenvalue weighted by Crippen LogP contribution is -2.25. The van der Waals surface area contributed by atoms with Crippen LogP contribution in [0.4, 0.5) is 0 Å². The van der Waals surface area contributed by atoms with Gasteiger partial charge in [0, 0.05) is 6.54 Å². The lowest BCUT2D eigenvalue weighted by molar-refractivity contribution is 0.275. The fourth-order valence-corrected chi connectivity index (χ4v) is 1.84. The smallest absolute Gasteiger partial charge is 0.000397 e. The highest BCUT2D eigenvalue weighted by atomic mass is 15.1. The Kier molecular flexibility index (Phi) is 8.53. The van der Waals surface area contributed by atoms with E-state index in [2.05, 4.69) is 32.7 Å². The summed E-state index contributed by atoms with van der Waals surface area (Å²) in [5, 5.41) is 0. The van der Waals surface area contributed by atoms with Crippen LogP contribution in [-0.2, 0) is 0 Å². The summed E-state index contributed by atoms with van der Waals surface area (Å²) in [5.41, 5.74) is 0. The van der Waals surface area contributed by atoms with E-state index in [-0.39, 0.29) is 0 Å². The predicted molar refractivity (Wildman–Crippen MR) is 61.1 cm³/mol. The molecule has 1 heteroatoms. The van der Waals surface area contributed by atoms with Crippen LogP contribution in [0.2, 0.25) is 0 Å². The minimum atomic E-state index is 0.878. The molecule has 13 heavy (non-hydrogen) atoms. The Morgan fingerprint density at radius 1 is 1.08 bits per heavy atom. The van der Waals surface area contributed by atoms with Gasteiger partial charge in [0.15, 0.2) is 0 Å². The van der Waals surface area contributed by atoms with Crippen LogP contribution >= 0.6 is 0 Å². The van der Waals surface area contributed by atoms with Gasteiger partial charge in [-0.05, 0) is 32.4 Å². The molecule has 0 aliphatic heterocycles. The predicted octanol–water partition coefficient (Wildman–Crippen LogP) is 3.54. The average Bonchev–Trinajstić information content (AvgIpc) is 2.05. The van der Waals surface area contributed by atoms with Crippen molar-refractivity contribution in [3.05, 3.63) is 0 Å². The Hall–Kier alpha value is -0.0400. The van der Waals surface area contributed by atoms with E-state index >= 15 is 0 Å². The Morgan fingerprint density at radius 3 is 2.31 bits per heavy atom. The molecule has 80 valence electrons. The third-order valence-corrected chi connectivity index (χ3v) is 2.53. The standard InChI is InChI=1S/C12H27N/c1-5-7-8-9-12(3)11-13(4)10-6-2/h12H,5-11H2,1-4H3. The molecule has 0 aromatic carbocycles. The van der Waals surface area contributed by atoms with Crippen LogP contribution in [0.25, 0.3) is 0 Å². The Labute approximate surface area is 84.5 Å². The number of hydrogen-bond acceptors (Lipinski definition) is 1. The number of hydrogen-bond donors (Lipinski definition) is 0. The zero-order chi connectivity index (χ0) is 10.1. The van der Waals surface area contributed by atoms with Gasteiger partial charge in [0.2, 0.25) is 0 Å². The van der Waals surface area contributed by atoms with Crippen molar-refractivity contribution < 1.29 is 0 Å². The van der Waals surface area contributed by atoms with Gasteiger partial charge < -0.3 is 4.90 Å². The van der Waals surface area contributed by atoms with Crippen molar-refractivity contribution in [1.29, 1.82) is 0 Å². The SMILES string of the molecule is CCCCCC(C)CN(C)CCC. The summed E-state index contributed by atoms with van der Waals surface area (Å²) in [5.74, 6) is 0.878. The van der Waals surface area contributed by atoms with Gasteiger partial charge in [-0.1, -0.05) is 40.0 Å². The highest BCUT2D eigenvalue weighted by molar-refractivity contribution is 4.58. The summed E-state index contributed by atoms with van der Waals surface area (Å²) in [6.07, 6.45) is 6.84. The molecule has 1 atom stereocenters. The van der Waals surface area contributed by atoms with Crippen LogP contribution in [0.3, 0.4) is 0 Å². The van der Waals surface area contributed by atoms with Crippen molar-refractivity contribution in [3.8, 4) is 0 Å². The van der Waals surface area contributed by atoms with Gasteiger partial charge in [-0.25, -0.2) is 0 Å². The first-order valence-corrected chi connectivity index (χ1v) is 5.89. The maximum atomic E-state index is 2.45. The Balaban J connectivity index is 3.32. The molecular weight excluding hydrogens is 158 g/mol. The minimum Gasteiger partial charge on any atom is -0.306 e. The monoisotopic (exact) mass is 185 g/mol. The second-order valence-electron chi connectivity index (χ2n) is 4.36. The summed E-state index contributed by atoms with van der Waals surface area (Å²) in [7, 11) is 2.24. The Morgan fingerprint density at radius 2 is 1.77 bits per heavy atom. The minimum absolute atomic E-state index is 0.878. The third-order valence-electron chi connectivity index (χ3n) is 2.53. The van der Waals surface area contributed by atoms with Crippen molar-refractivity contribution in [2.45, 2.75) is 52.9 Å². The van der Waals surface area contributed by atoms with Crippen LogP contribution in [0.1, 0.15) is 52.9 Å². The molecule has 0 aliphatic rings. The van der Waals surface area contributed by atoms with Crippen molar-refractivity contribution >= 4 is 0 Å². The van der Waals surface area contributed by atoms with E-state index in [1.165, 1.54) is 45.2 Å². The topological polar surface area (TPSA) is 3.24 Å². The molecule has 0 aromatic heterocycles. The van der Waals surface area contributed by atoms with E-state index in [0.717, 1.165) is 5.92 Å². The van der Waals surface area contributed by atoms with E-state index in [0.29, 0.717) is 0 Å². The van der Waals surface area contributed by atoms with Crippen molar-refractivity contribution in [1.82, 2.24) is 4.90 Å². The third kappa shape index (κ3) is 8.29. The largest absolute Gasteiger partial charge is 0.306 e. The Bertz CT molecular complexity index is 101. The molecule has 0 amide bonds. The molecule has 0 fully saturated rings. The maximum Gasteiger partial charge on any atom is 0.000397 e. The average molecular weight is 185 g/mol. The molecule has 0 bridgehead atoms. The molecular formula is C12H27N. The summed E-state index contributed by atoms with van der Waals surface area (Å²) in [4.78, 5) is 2.45. The summed E-state index contributed by atoms with van der Waals surface area (Å²) < 4.78 is 0. The zero-order valence-corrected chi connectivity index (χ0v) is 9.97. The van der Waals surface area contributed by atoms with Crippen molar-refractivity contribution in [2.24, 2.45) is 5.92 Å².